The van der Waals surface area contributed by atoms with E-state index in [2.05, 4.69) is 0 Å². The van der Waals surface area contributed by atoms with Gasteiger partial charge in [0.05, 0.1) is 6.61 Å². The molecule has 0 bridgehead atoms. The molecule has 1 fully saturated rings. The van der Waals surface area contributed by atoms with Crippen LogP contribution in [0.3, 0.4) is 0 Å². The topological polar surface area (TPSA) is 157 Å². The number of rotatable bonds is 5. The average molecular weight is 404 g/mol. The van der Waals surface area contributed by atoms with Gasteiger partial charge in [-0.1, -0.05) is 18.2 Å². The van der Waals surface area contributed by atoms with Crippen molar-refractivity contribution in [3.63, 3.8) is 0 Å². The molecule has 1 aliphatic rings. The molecule has 0 aromatic heterocycles. The van der Waals surface area contributed by atoms with Gasteiger partial charge in [-0.15, -0.1) is 0 Å². The average Bonchev–Trinajstić information content (AvgIpc) is 2.67. The van der Waals surface area contributed by atoms with Crippen molar-refractivity contribution < 1.29 is 44.9 Å². The molecule has 0 radical (unpaired) electrons. The van der Waals surface area contributed by atoms with E-state index in [-0.39, 0.29) is 23.7 Å². The minimum Gasteiger partial charge on any atom is -0.508 e. The lowest BCUT2D eigenvalue weighted by Crippen LogP contribution is -2.54. The van der Waals surface area contributed by atoms with Crippen LogP contribution in [0, 0.1) is 0 Å². The molecule has 4 atom stereocenters. The zero-order valence-corrected chi connectivity index (χ0v) is 15.0. The number of phenolic OH excluding ortho intramolecular Hbond substituents is 3. The Bertz CT molecular complexity index is 907. The number of aliphatic hydroxyl groups excluding tert-OH is 3. The van der Waals surface area contributed by atoms with Gasteiger partial charge in [-0.25, -0.2) is 0 Å². The zero-order valence-electron chi connectivity index (χ0n) is 15.0. The highest BCUT2D eigenvalue weighted by Gasteiger charge is 2.39. The number of phenols is 3. The Labute approximate surface area is 165 Å². The highest BCUT2D eigenvalue weighted by Crippen LogP contribution is 2.35. The summed E-state index contributed by atoms with van der Waals surface area (Å²) in [7, 11) is 0. The molecular weight excluding hydrogens is 384 g/mol. The predicted octanol–water partition coefficient (Wildman–Crippen LogP) is 0.517. The van der Waals surface area contributed by atoms with Crippen molar-refractivity contribution in [2.75, 3.05) is 6.61 Å². The standard InChI is InChI=1S/C20H20O9/c21-11-4-1-10(2-5-11)3-6-13(23)17-14(24)7-12(22)8-16(17)29-20-19(27)18(26)15(25)9-28-20/h1-8,15,18-22,24-27H,9H2/b6-3+/t15-,18-,19-,20-/m1/s1. The Balaban J connectivity index is 1.87. The van der Waals surface area contributed by atoms with Crippen LogP contribution in [0.4, 0.5) is 0 Å². The van der Waals surface area contributed by atoms with Gasteiger partial charge < -0.3 is 40.1 Å². The fraction of sp³-hybridized carbons (Fsp3) is 0.250. The van der Waals surface area contributed by atoms with Crippen LogP contribution in [0.2, 0.25) is 0 Å². The van der Waals surface area contributed by atoms with Crippen LogP contribution < -0.4 is 4.74 Å². The van der Waals surface area contributed by atoms with E-state index < -0.39 is 41.9 Å². The summed E-state index contributed by atoms with van der Waals surface area (Å²) in [6, 6.07) is 8.04. The minimum absolute atomic E-state index is 0.0682. The van der Waals surface area contributed by atoms with Crippen molar-refractivity contribution >= 4 is 11.9 Å². The summed E-state index contributed by atoms with van der Waals surface area (Å²) in [5.74, 6) is -1.85. The molecule has 0 aliphatic carbocycles. The predicted molar refractivity (Wildman–Crippen MR) is 99.6 cm³/mol. The number of allylic oxidation sites excluding steroid dienone is 1. The normalized spacial score (nSPS) is 24.5. The number of aliphatic hydroxyl groups is 3. The SMILES string of the molecule is O=C(/C=C/c1ccc(O)cc1)c1c(O)cc(O)cc1O[C@H]1OC[C@@H](O)[C@@H](O)[C@H]1O. The Morgan fingerprint density at radius 3 is 2.38 bits per heavy atom. The molecule has 3 rings (SSSR count). The maximum atomic E-state index is 12.6. The number of carbonyl (C=O) groups is 1. The van der Waals surface area contributed by atoms with E-state index in [0.717, 1.165) is 18.2 Å². The van der Waals surface area contributed by atoms with E-state index in [0.29, 0.717) is 5.56 Å². The Hall–Kier alpha value is -3.11. The van der Waals surface area contributed by atoms with Gasteiger partial charge in [0.15, 0.2) is 5.78 Å². The third-order valence-electron chi connectivity index (χ3n) is 4.33. The van der Waals surface area contributed by atoms with Crippen LogP contribution in [0.15, 0.2) is 42.5 Å². The maximum absolute atomic E-state index is 12.6. The van der Waals surface area contributed by atoms with Crippen molar-refractivity contribution in [2.45, 2.75) is 24.6 Å². The van der Waals surface area contributed by atoms with E-state index in [1.807, 2.05) is 0 Å². The second-order valence-electron chi connectivity index (χ2n) is 6.50. The summed E-state index contributed by atoms with van der Waals surface area (Å²) >= 11 is 0. The third kappa shape index (κ3) is 4.66. The van der Waals surface area contributed by atoms with Gasteiger partial charge >= 0.3 is 0 Å². The van der Waals surface area contributed by atoms with Gasteiger partial charge in [0.1, 0.15) is 46.9 Å². The number of hydrogen-bond donors (Lipinski definition) is 6. The lowest BCUT2D eigenvalue weighted by atomic mass is 10.0. The van der Waals surface area contributed by atoms with Crippen LogP contribution in [0.1, 0.15) is 15.9 Å². The van der Waals surface area contributed by atoms with Gasteiger partial charge in [-0.05, 0) is 23.8 Å². The highest BCUT2D eigenvalue weighted by atomic mass is 16.7. The van der Waals surface area contributed by atoms with Crippen LogP contribution in [-0.2, 0) is 4.74 Å². The first-order chi connectivity index (χ1) is 13.8. The van der Waals surface area contributed by atoms with Crippen molar-refractivity contribution in [2.24, 2.45) is 0 Å². The summed E-state index contributed by atoms with van der Waals surface area (Å²) in [5.41, 5.74) is 0.314. The molecule has 0 saturated carbocycles. The van der Waals surface area contributed by atoms with Crippen molar-refractivity contribution in [3.05, 3.63) is 53.6 Å². The van der Waals surface area contributed by atoms with Crippen molar-refractivity contribution in [3.8, 4) is 23.0 Å². The molecule has 2 aromatic carbocycles. The van der Waals surface area contributed by atoms with Gasteiger partial charge in [0, 0.05) is 12.1 Å². The Morgan fingerprint density at radius 1 is 1.00 bits per heavy atom. The zero-order chi connectivity index (χ0) is 21.1. The van der Waals surface area contributed by atoms with E-state index in [9.17, 15) is 35.4 Å². The summed E-state index contributed by atoms with van der Waals surface area (Å²) in [6.45, 7) is -0.322. The summed E-state index contributed by atoms with van der Waals surface area (Å²) in [4.78, 5) is 12.6. The lowest BCUT2D eigenvalue weighted by molar-refractivity contribution is -0.242. The molecule has 1 saturated heterocycles. The molecule has 2 aromatic rings. The number of carbonyl (C=O) groups excluding carboxylic acids is 1. The van der Waals surface area contributed by atoms with Crippen molar-refractivity contribution in [1.29, 1.82) is 0 Å². The molecular formula is C20H20O9. The molecule has 9 nitrogen and oxygen atoms in total. The number of aromatic hydroxyl groups is 3. The van der Waals surface area contributed by atoms with Crippen molar-refractivity contribution in [1.82, 2.24) is 0 Å². The van der Waals surface area contributed by atoms with Crippen LogP contribution in [0.25, 0.3) is 6.08 Å². The van der Waals surface area contributed by atoms with Gasteiger partial charge in [-0.3, -0.25) is 4.79 Å². The first-order valence-corrected chi connectivity index (χ1v) is 8.66. The first-order valence-electron chi connectivity index (χ1n) is 8.66. The van der Waals surface area contributed by atoms with Crippen LogP contribution in [-0.4, -0.2) is 67.6 Å². The molecule has 1 aliphatic heterocycles. The number of ether oxygens (including phenoxy) is 2. The quantitative estimate of drug-likeness (QED) is 0.309. The summed E-state index contributed by atoms with van der Waals surface area (Å²) < 4.78 is 10.6. The second-order valence-corrected chi connectivity index (χ2v) is 6.50. The van der Waals surface area contributed by atoms with Crippen LogP contribution in [0.5, 0.6) is 23.0 Å². The Kier molecular flexibility index (Phi) is 6.04. The van der Waals surface area contributed by atoms with E-state index in [4.69, 9.17) is 9.47 Å². The third-order valence-corrected chi connectivity index (χ3v) is 4.33. The number of benzene rings is 2. The molecule has 0 unspecified atom stereocenters. The van der Waals surface area contributed by atoms with E-state index in [1.54, 1.807) is 12.1 Å². The molecule has 6 N–H and O–H groups in total. The van der Waals surface area contributed by atoms with Crippen LogP contribution >= 0.6 is 0 Å². The van der Waals surface area contributed by atoms with E-state index in [1.165, 1.54) is 18.2 Å². The van der Waals surface area contributed by atoms with E-state index >= 15 is 0 Å². The largest absolute Gasteiger partial charge is 0.508 e. The molecule has 1 heterocycles. The maximum Gasteiger partial charge on any atom is 0.228 e. The lowest BCUT2D eigenvalue weighted by Gasteiger charge is -2.35. The highest BCUT2D eigenvalue weighted by molar-refractivity contribution is 6.10. The summed E-state index contributed by atoms with van der Waals surface area (Å²) in [5, 5.41) is 58.4. The van der Waals surface area contributed by atoms with Gasteiger partial charge in [0.25, 0.3) is 0 Å². The fourth-order valence-electron chi connectivity index (χ4n) is 2.78. The smallest absolute Gasteiger partial charge is 0.228 e. The van der Waals surface area contributed by atoms with Gasteiger partial charge in [0.2, 0.25) is 6.29 Å². The number of hydrogen-bond acceptors (Lipinski definition) is 9. The fourth-order valence-corrected chi connectivity index (χ4v) is 2.78. The summed E-state index contributed by atoms with van der Waals surface area (Å²) in [6.07, 6.45) is -3.31. The van der Waals surface area contributed by atoms with Gasteiger partial charge in [-0.2, -0.15) is 0 Å². The second kappa shape index (κ2) is 8.50. The molecule has 29 heavy (non-hydrogen) atoms. The number of ketones is 1. The molecule has 154 valence electrons. The minimum atomic E-state index is -1.63. The molecule has 0 amide bonds. The monoisotopic (exact) mass is 404 g/mol. The Morgan fingerprint density at radius 2 is 1.69 bits per heavy atom. The molecule has 9 heteroatoms. The molecule has 0 spiro atoms. The first kappa shape index (κ1) is 20.6.